The third kappa shape index (κ3) is 4.58. The summed E-state index contributed by atoms with van der Waals surface area (Å²) in [7, 11) is 0. The minimum Gasteiger partial charge on any atom is -0.441 e. The van der Waals surface area contributed by atoms with Crippen LogP contribution in [0.4, 0.5) is 4.79 Å². The number of carbonyl (C=O) groups is 2. The molecule has 6 nitrogen and oxygen atoms in total. The molecule has 154 valence electrons. The maximum absolute atomic E-state index is 12.9. The lowest BCUT2D eigenvalue weighted by Gasteiger charge is -2.39. The Balaban J connectivity index is 1.50. The molecule has 1 saturated carbocycles. The summed E-state index contributed by atoms with van der Waals surface area (Å²) in [6, 6.07) is 0. The van der Waals surface area contributed by atoms with E-state index in [1.807, 2.05) is 9.80 Å². The predicted molar refractivity (Wildman–Crippen MR) is 105 cm³/mol. The van der Waals surface area contributed by atoms with Crippen LogP contribution in [0.2, 0.25) is 0 Å². The van der Waals surface area contributed by atoms with Crippen LogP contribution in [0, 0.1) is 17.8 Å². The first-order valence-electron chi connectivity index (χ1n) is 11.0. The maximum atomic E-state index is 12.9. The van der Waals surface area contributed by atoms with E-state index in [1.165, 1.54) is 0 Å². The van der Waals surface area contributed by atoms with Crippen molar-refractivity contribution < 1.29 is 14.3 Å². The van der Waals surface area contributed by atoms with E-state index in [0.29, 0.717) is 37.4 Å². The van der Waals surface area contributed by atoms with Gasteiger partial charge in [-0.2, -0.15) is 0 Å². The molecule has 2 amide bonds. The quantitative estimate of drug-likeness (QED) is 0.770. The monoisotopic (exact) mass is 379 g/mol. The number of nitrogens with zero attached hydrogens (tertiary/aromatic N) is 2. The SMILES string of the molecule is CCC(CC)CN1CC2(CCN(C(=O)C3CCC(CN)CC3)CC2)OC1=O. The summed E-state index contributed by atoms with van der Waals surface area (Å²) in [5.41, 5.74) is 5.39. The number of hydrogen-bond acceptors (Lipinski definition) is 4. The van der Waals surface area contributed by atoms with Crippen molar-refractivity contribution >= 4 is 12.0 Å². The molecule has 0 aromatic heterocycles. The van der Waals surface area contributed by atoms with Gasteiger partial charge in [0.15, 0.2) is 0 Å². The van der Waals surface area contributed by atoms with Crippen LogP contribution in [-0.2, 0) is 9.53 Å². The zero-order valence-electron chi connectivity index (χ0n) is 17.1. The van der Waals surface area contributed by atoms with Gasteiger partial charge in [-0.25, -0.2) is 4.79 Å². The summed E-state index contributed by atoms with van der Waals surface area (Å²) in [5.74, 6) is 1.61. The number of nitrogens with two attached hydrogens (primary N) is 1. The molecular weight excluding hydrogens is 342 g/mol. The van der Waals surface area contributed by atoms with Gasteiger partial charge >= 0.3 is 6.09 Å². The molecule has 2 heterocycles. The molecule has 2 N–H and O–H groups in total. The molecule has 0 radical (unpaired) electrons. The van der Waals surface area contributed by atoms with Crippen LogP contribution in [0.5, 0.6) is 0 Å². The molecular formula is C21H37N3O3. The lowest BCUT2D eigenvalue weighted by atomic mass is 9.81. The van der Waals surface area contributed by atoms with Gasteiger partial charge in [-0.05, 0) is 44.1 Å². The van der Waals surface area contributed by atoms with E-state index in [2.05, 4.69) is 13.8 Å². The van der Waals surface area contributed by atoms with Crippen LogP contribution < -0.4 is 5.73 Å². The van der Waals surface area contributed by atoms with Crippen LogP contribution in [0.1, 0.15) is 65.2 Å². The second-order valence-electron chi connectivity index (χ2n) is 8.89. The number of amides is 2. The Kier molecular flexibility index (Phi) is 6.66. The molecule has 0 aromatic carbocycles. The number of ether oxygens (including phenoxy) is 1. The Morgan fingerprint density at radius 1 is 1.19 bits per heavy atom. The van der Waals surface area contributed by atoms with Crippen molar-refractivity contribution in [2.45, 2.75) is 70.8 Å². The molecule has 1 aliphatic carbocycles. The van der Waals surface area contributed by atoms with Gasteiger partial charge in [0.1, 0.15) is 5.60 Å². The van der Waals surface area contributed by atoms with Crippen LogP contribution in [0.25, 0.3) is 0 Å². The van der Waals surface area contributed by atoms with Gasteiger partial charge in [0, 0.05) is 38.4 Å². The van der Waals surface area contributed by atoms with Gasteiger partial charge in [0.05, 0.1) is 6.54 Å². The molecule has 1 spiro atoms. The number of piperidine rings is 1. The number of rotatable bonds is 6. The lowest BCUT2D eigenvalue weighted by Crippen LogP contribution is -2.50. The molecule has 2 saturated heterocycles. The van der Waals surface area contributed by atoms with Crippen molar-refractivity contribution in [3.8, 4) is 0 Å². The average molecular weight is 380 g/mol. The summed E-state index contributed by atoms with van der Waals surface area (Å²) < 4.78 is 5.83. The summed E-state index contributed by atoms with van der Waals surface area (Å²) in [5, 5.41) is 0. The van der Waals surface area contributed by atoms with E-state index >= 15 is 0 Å². The normalized spacial score (nSPS) is 28.1. The van der Waals surface area contributed by atoms with Gasteiger partial charge in [-0.15, -0.1) is 0 Å². The van der Waals surface area contributed by atoms with Crippen LogP contribution >= 0.6 is 0 Å². The Hall–Kier alpha value is -1.30. The first-order valence-corrected chi connectivity index (χ1v) is 11.0. The zero-order valence-corrected chi connectivity index (χ0v) is 17.1. The highest BCUT2D eigenvalue weighted by atomic mass is 16.6. The van der Waals surface area contributed by atoms with E-state index < -0.39 is 0 Å². The maximum Gasteiger partial charge on any atom is 0.410 e. The molecule has 3 aliphatic rings. The van der Waals surface area contributed by atoms with E-state index in [9.17, 15) is 9.59 Å². The molecule has 3 fully saturated rings. The fourth-order valence-electron chi connectivity index (χ4n) is 4.99. The van der Waals surface area contributed by atoms with E-state index in [0.717, 1.165) is 64.5 Å². The lowest BCUT2D eigenvalue weighted by molar-refractivity contribution is -0.140. The molecule has 27 heavy (non-hydrogen) atoms. The molecule has 3 rings (SSSR count). The number of likely N-dealkylation sites (tertiary alicyclic amines) is 1. The topological polar surface area (TPSA) is 75.9 Å². The average Bonchev–Trinajstić information content (AvgIpc) is 3.00. The molecule has 6 heteroatoms. The van der Waals surface area contributed by atoms with Crippen LogP contribution in [-0.4, -0.2) is 60.1 Å². The Bertz CT molecular complexity index is 519. The first kappa shape index (κ1) is 20.4. The summed E-state index contributed by atoms with van der Waals surface area (Å²) in [4.78, 5) is 29.1. The van der Waals surface area contributed by atoms with E-state index in [4.69, 9.17) is 10.5 Å². The predicted octanol–water partition coefficient (Wildman–Crippen LogP) is 3.00. The van der Waals surface area contributed by atoms with Gasteiger partial charge in [-0.1, -0.05) is 26.7 Å². The molecule has 0 atom stereocenters. The minimum atomic E-state index is -0.378. The molecule has 0 unspecified atom stereocenters. The van der Waals surface area contributed by atoms with Crippen LogP contribution in [0.15, 0.2) is 0 Å². The zero-order chi connectivity index (χ0) is 19.4. The Labute approximate surface area is 163 Å². The molecule has 2 aliphatic heterocycles. The third-order valence-corrected chi connectivity index (χ3v) is 7.19. The highest BCUT2D eigenvalue weighted by molar-refractivity contribution is 5.79. The fourth-order valence-corrected chi connectivity index (χ4v) is 4.99. The molecule has 0 bridgehead atoms. The second-order valence-corrected chi connectivity index (χ2v) is 8.89. The van der Waals surface area contributed by atoms with Crippen LogP contribution in [0.3, 0.4) is 0 Å². The van der Waals surface area contributed by atoms with Crippen molar-refractivity contribution in [1.82, 2.24) is 9.80 Å². The first-order chi connectivity index (χ1) is 13.0. The highest BCUT2D eigenvalue weighted by Crippen LogP contribution is 2.36. The Morgan fingerprint density at radius 3 is 2.37 bits per heavy atom. The van der Waals surface area contributed by atoms with Crippen molar-refractivity contribution in [2.75, 3.05) is 32.7 Å². The fraction of sp³-hybridized carbons (Fsp3) is 0.905. The van der Waals surface area contributed by atoms with Gasteiger partial charge < -0.3 is 20.3 Å². The number of carbonyl (C=O) groups excluding carboxylic acids is 2. The summed E-state index contributed by atoms with van der Waals surface area (Å²) in [6.07, 6.45) is 7.64. The summed E-state index contributed by atoms with van der Waals surface area (Å²) >= 11 is 0. The van der Waals surface area contributed by atoms with E-state index in [-0.39, 0.29) is 17.6 Å². The van der Waals surface area contributed by atoms with Crippen molar-refractivity contribution in [3.63, 3.8) is 0 Å². The van der Waals surface area contributed by atoms with Gasteiger partial charge in [0.2, 0.25) is 5.91 Å². The summed E-state index contributed by atoms with van der Waals surface area (Å²) in [6.45, 7) is 7.99. The highest BCUT2D eigenvalue weighted by Gasteiger charge is 2.48. The van der Waals surface area contributed by atoms with Gasteiger partial charge in [0.25, 0.3) is 0 Å². The second kappa shape index (κ2) is 8.80. The smallest absolute Gasteiger partial charge is 0.410 e. The largest absolute Gasteiger partial charge is 0.441 e. The van der Waals surface area contributed by atoms with Crippen molar-refractivity contribution in [1.29, 1.82) is 0 Å². The third-order valence-electron chi connectivity index (χ3n) is 7.19. The minimum absolute atomic E-state index is 0.165. The van der Waals surface area contributed by atoms with Gasteiger partial charge in [-0.3, -0.25) is 4.79 Å². The standard InChI is InChI=1S/C21H37N3O3/c1-3-16(4-2)14-24-15-21(27-20(24)26)9-11-23(12-10-21)19(25)18-7-5-17(13-22)6-8-18/h16-18H,3-15,22H2,1-2H3. The number of hydrogen-bond donors (Lipinski definition) is 1. The molecule has 0 aromatic rings. The van der Waals surface area contributed by atoms with Crippen molar-refractivity contribution in [2.24, 2.45) is 23.5 Å². The van der Waals surface area contributed by atoms with E-state index in [1.54, 1.807) is 0 Å². The Morgan fingerprint density at radius 2 is 1.81 bits per heavy atom. The van der Waals surface area contributed by atoms with Crippen molar-refractivity contribution in [3.05, 3.63) is 0 Å².